The molecule has 0 unspecified atom stereocenters. The van der Waals surface area contributed by atoms with Gasteiger partial charge in [0.25, 0.3) is 0 Å². The van der Waals surface area contributed by atoms with Crippen LogP contribution < -0.4 is 0 Å². The Bertz CT molecular complexity index is 1130. The van der Waals surface area contributed by atoms with Gasteiger partial charge in [0.15, 0.2) is 0 Å². The number of carbonyl (C=O) groups excluding carboxylic acids is 1. The van der Waals surface area contributed by atoms with Crippen LogP contribution in [0.5, 0.6) is 0 Å². The van der Waals surface area contributed by atoms with Crippen LogP contribution in [0.1, 0.15) is 79.1 Å². The molecule has 2 spiro atoms. The van der Waals surface area contributed by atoms with Gasteiger partial charge in [-0.25, -0.2) is 4.79 Å². The standard InChI is InChI=1S/C26H35N7O/c1-30-20(6-23(29-30)18-4-5-18)10-31-11-26(12-31)15-33(16-26)24(34)32-13-25(14-32)8-19(9-25)22-7-21(27-28-22)17-2-3-17/h6-7,17-19H,2-5,8-16H2,1H3,(H,27,28). The van der Waals surface area contributed by atoms with Gasteiger partial charge in [-0.05, 0) is 50.7 Å². The van der Waals surface area contributed by atoms with Crippen molar-refractivity contribution in [3.8, 4) is 0 Å². The minimum atomic E-state index is 0.273. The summed E-state index contributed by atoms with van der Waals surface area (Å²) in [6.07, 6.45) is 7.63. The molecule has 8 rings (SSSR count). The van der Waals surface area contributed by atoms with E-state index in [1.54, 1.807) is 0 Å². The molecule has 1 N–H and O–H groups in total. The number of aromatic nitrogens is 4. The van der Waals surface area contributed by atoms with Gasteiger partial charge in [-0.3, -0.25) is 14.7 Å². The molecule has 3 aliphatic heterocycles. The van der Waals surface area contributed by atoms with Crippen LogP contribution in [-0.2, 0) is 13.6 Å². The van der Waals surface area contributed by atoms with E-state index >= 15 is 0 Å². The zero-order valence-corrected chi connectivity index (χ0v) is 20.2. The second-order valence-corrected chi connectivity index (χ2v) is 12.7. The van der Waals surface area contributed by atoms with E-state index in [2.05, 4.69) is 48.8 Å². The quantitative estimate of drug-likeness (QED) is 0.743. The highest BCUT2D eigenvalue weighted by Crippen LogP contribution is 2.56. The molecule has 3 aliphatic carbocycles. The van der Waals surface area contributed by atoms with Crippen molar-refractivity contribution in [1.82, 2.24) is 34.7 Å². The molecule has 0 radical (unpaired) electrons. The van der Waals surface area contributed by atoms with Gasteiger partial charge in [0.1, 0.15) is 0 Å². The zero-order valence-electron chi connectivity index (χ0n) is 20.2. The Hall–Kier alpha value is -2.35. The van der Waals surface area contributed by atoms with Gasteiger partial charge in [-0.15, -0.1) is 0 Å². The first-order valence-corrected chi connectivity index (χ1v) is 13.3. The number of amides is 2. The maximum atomic E-state index is 13.0. The Kier molecular flexibility index (Phi) is 3.89. The molecule has 3 saturated carbocycles. The molecule has 2 amide bonds. The number of aryl methyl sites for hydroxylation is 1. The molecule has 3 saturated heterocycles. The average molecular weight is 462 g/mol. The summed E-state index contributed by atoms with van der Waals surface area (Å²) in [6, 6.07) is 4.88. The van der Waals surface area contributed by atoms with Crippen molar-refractivity contribution in [2.75, 3.05) is 39.3 Å². The number of aromatic amines is 1. The Balaban J connectivity index is 0.790. The molecule has 6 fully saturated rings. The number of urea groups is 1. The van der Waals surface area contributed by atoms with Gasteiger partial charge in [0.05, 0.1) is 17.1 Å². The largest absolute Gasteiger partial charge is 0.323 e. The van der Waals surface area contributed by atoms with E-state index in [4.69, 9.17) is 5.10 Å². The van der Waals surface area contributed by atoms with Gasteiger partial charge in [-0.1, -0.05) is 0 Å². The summed E-state index contributed by atoms with van der Waals surface area (Å²) in [4.78, 5) is 19.7. The van der Waals surface area contributed by atoms with Crippen molar-refractivity contribution in [2.24, 2.45) is 17.9 Å². The molecular formula is C26H35N7O. The van der Waals surface area contributed by atoms with Gasteiger partial charge in [0, 0.05) is 87.1 Å². The Morgan fingerprint density at radius 3 is 2.26 bits per heavy atom. The van der Waals surface area contributed by atoms with E-state index in [-0.39, 0.29) is 6.03 Å². The number of hydrogen-bond acceptors (Lipinski definition) is 4. The molecule has 2 aromatic rings. The van der Waals surface area contributed by atoms with Gasteiger partial charge in [0.2, 0.25) is 0 Å². The molecule has 34 heavy (non-hydrogen) atoms. The first kappa shape index (κ1) is 19.9. The third kappa shape index (κ3) is 3.10. The molecule has 2 aromatic heterocycles. The topological polar surface area (TPSA) is 73.3 Å². The lowest BCUT2D eigenvalue weighted by molar-refractivity contribution is -0.117. The molecule has 0 atom stereocenters. The first-order valence-electron chi connectivity index (χ1n) is 13.3. The third-order valence-electron chi connectivity index (χ3n) is 9.55. The van der Waals surface area contributed by atoms with Crippen molar-refractivity contribution in [3.05, 3.63) is 34.9 Å². The molecule has 8 nitrogen and oxygen atoms in total. The Morgan fingerprint density at radius 1 is 0.912 bits per heavy atom. The van der Waals surface area contributed by atoms with Gasteiger partial charge >= 0.3 is 6.03 Å². The van der Waals surface area contributed by atoms with Crippen molar-refractivity contribution in [1.29, 1.82) is 0 Å². The van der Waals surface area contributed by atoms with Crippen molar-refractivity contribution in [3.63, 3.8) is 0 Å². The SMILES string of the molecule is Cn1nc(C2CC2)cc1CN1CC2(C1)CN(C(=O)N1CC3(CC(c4cc(C5CC5)[nH]n4)C3)C1)C2. The Morgan fingerprint density at radius 2 is 1.59 bits per heavy atom. The van der Waals surface area contributed by atoms with Crippen molar-refractivity contribution in [2.45, 2.75) is 62.8 Å². The van der Waals surface area contributed by atoms with Crippen molar-refractivity contribution >= 4 is 6.03 Å². The normalized spacial score (nSPS) is 27.4. The lowest BCUT2D eigenvalue weighted by Gasteiger charge is -2.63. The molecule has 0 aromatic carbocycles. The lowest BCUT2D eigenvalue weighted by Crippen LogP contribution is -2.75. The van der Waals surface area contributed by atoms with Gasteiger partial charge in [-0.2, -0.15) is 10.2 Å². The fourth-order valence-corrected chi connectivity index (χ4v) is 7.32. The average Bonchev–Trinajstić information content (AvgIpc) is 3.63. The van der Waals surface area contributed by atoms with Crippen LogP contribution in [-0.4, -0.2) is 80.0 Å². The third-order valence-corrected chi connectivity index (χ3v) is 9.55. The number of carbonyl (C=O) groups is 1. The van der Waals surface area contributed by atoms with Crippen LogP contribution in [0.25, 0.3) is 0 Å². The first-order chi connectivity index (χ1) is 16.5. The molecule has 5 heterocycles. The van der Waals surface area contributed by atoms with E-state index in [0.29, 0.717) is 22.7 Å². The number of likely N-dealkylation sites (tertiary alicyclic amines) is 3. The number of hydrogen-bond donors (Lipinski definition) is 1. The monoisotopic (exact) mass is 461 g/mol. The fourth-order valence-electron chi connectivity index (χ4n) is 7.32. The number of rotatable bonds is 5. The highest BCUT2D eigenvalue weighted by Gasteiger charge is 2.58. The summed E-state index contributed by atoms with van der Waals surface area (Å²) < 4.78 is 2.07. The predicted molar refractivity (Wildman–Crippen MR) is 126 cm³/mol. The smallest absolute Gasteiger partial charge is 0.320 e. The molecule has 0 bridgehead atoms. The van der Waals surface area contributed by atoms with Crippen LogP contribution in [0.4, 0.5) is 4.79 Å². The van der Waals surface area contributed by atoms with Crippen LogP contribution in [0.2, 0.25) is 0 Å². The van der Waals surface area contributed by atoms with E-state index in [1.807, 2.05) is 0 Å². The van der Waals surface area contributed by atoms with Crippen LogP contribution >= 0.6 is 0 Å². The van der Waals surface area contributed by atoms with E-state index in [0.717, 1.165) is 51.7 Å². The van der Waals surface area contributed by atoms with Crippen LogP contribution in [0, 0.1) is 10.8 Å². The van der Waals surface area contributed by atoms with Crippen LogP contribution in [0.15, 0.2) is 12.1 Å². The summed E-state index contributed by atoms with van der Waals surface area (Å²) in [5.41, 5.74) is 5.92. The number of H-pyrrole nitrogens is 1. The zero-order chi connectivity index (χ0) is 22.7. The lowest BCUT2D eigenvalue weighted by atomic mass is 9.57. The number of nitrogens with one attached hydrogen (secondary N) is 1. The Labute approximate surface area is 200 Å². The predicted octanol–water partition coefficient (Wildman–Crippen LogP) is 3.02. The highest BCUT2D eigenvalue weighted by atomic mass is 16.2. The molecule has 180 valence electrons. The fraction of sp³-hybridized carbons (Fsp3) is 0.731. The van der Waals surface area contributed by atoms with E-state index < -0.39 is 0 Å². The second-order valence-electron chi connectivity index (χ2n) is 12.7. The maximum Gasteiger partial charge on any atom is 0.320 e. The van der Waals surface area contributed by atoms with E-state index in [9.17, 15) is 4.79 Å². The summed E-state index contributed by atoms with van der Waals surface area (Å²) >= 11 is 0. The molecular weight excluding hydrogens is 426 g/mol. The van der Waals surface area contributed by atoms with E-state index in [1.165, 1.54) is 61.3 Å². The summed E-state index contributed by atoms with van der Waals surface area (Å²) in [5.74, 6) is 2.05. The molecule has 6 aliphatic rings. The summed E-state index contributed by atoms with van der Waals surface area (Å²) in [7, 11) is 2.07. The van der Waals surface area contributed by atoms with Gasteiger partial charge < -0.3 is 9.80 Å². The maximum absolute atomic E-state index is 13.0. The number of nitrogens with zero attached hydrogens (tertiary/aromatic N) is 6. The summed E-state index contributed by atoms with van der Waals surface area (Å²) in [6.45, 7) is 6.97. The minimum absolute atomic E-state index is 0.273. The molecule has 8 heteroatoms. The summed E-state index contributed by atoms with van der Waals surface area (Å²) in [5, 5.41) is 12.5. The highest BCUT2D eigenvalue weighted by molar-refractivity contribution is 5.77. The minimum Gasteiger partial charge on any atom is -0.323 e. The van der Waals surface area contributed by atoms with Crippen molar-refractivity contribution < 1.29 is 4.79 Å². The van der Waals surface area contributed by atoms with Crippen LogP contribution in [0.3, 0.4) is 0 Å². The second kappa shape index (κ2) is 6.65.